The minimum atomic E-state index is -0.775. The molecule has 2 saturated heterocycles. The van der Waals surface area contributed by atoms with Gasteiger partial charge in [0.2, 0.25) is 0 Å². The van der Waals surface area contributed by atoms with Crippen LogP contribution in [-0.4, -0.2) is 81.3 Å². The zero-order valence-electron chi connectivity index (χ0n) is 16.4. The van der Waals surface area contributed by atoms with E-state index in [-0.39, 0.29) is 5.41 Å². The van der Waals surface area contributed by atoms with Gasteiger partial charge in [0.05, 0.1) is 0 Å². The molecule has 1 N–H and O–H groups in total. The van der Waals surface area contributed by atoms with Gasteiger partial charge in [-0.2, -0.15) is 0 Å². The first kappa shape index (κ1) is 18.3. The third kappa shape index (κ3) is 3.42. The minimum Gasteiger partial charge on any atom is -0.465 e. The Labute approximate surface area is 170 Å². The van der Waals surface area contributed by atoms with Gasteiger partial charge >= 0.3 is 6.09 Å². The summed E-state index contributed by atoms with van der Waals surface area (Å²) in [6.07, 6.45) is 9.76. The van der Waals surface area contributed by atoms with Gasteiger partial charge in [-0.3, -0.25) is 4.90 Å². The predicted octanol–water partition coefficient (Wildman–Crippen LogP) is 2.19. The summed E-state index contributed by atoms with van der Waals surface area (Å²) in [6.45, 7) is 5.37. The average Bonchev–Trinajstić information content (AvgIpc) is 3.19. The van der Waals surface area contributed by atoms with Crippen molar-refractivity contribution >= 4 is 11.9 Å². The number of pyridine rings is 1. The van der Waals surface area contributed by atoms with Crippen molar-refractivity contribution in [1.29, 1.82) is 0 Å². The molecule has 1 aliphatic carbocycles. The predicted molar refractivity (Wildman–Crippen MR) is 109 cm³/mol. The van der Waals surface area contributed by atoms with Gasteiger partial charge in [0, 0.05) is 80.4 Å². The molecule has 0 bridgehead atoms. The summed E-state index contributed by atoms with van der Waals surface area (Å²) < 4.78 is 0. The molecule has 3 aliphatic rings. The molecular formula is C21H26N6O2. The van der Waals surface area contributed by atoms with Crippen molar-refractivity contribution in [3.05, 3.63) is 37.1 Å². The average molecular weight is 394 g/mol. The van der Waals surface area contributed by atoms with Crippen LogP contribution in [0.25, 0.3) is 11.1 Å². The zero-order valence-corrected chi connectivity index (χ0v) is 16.4. The summed E-state index contributed by atoms with van der Waals surface area (Å²) in [5, 5.41) is 9.13. The number of piperazine rings is 1. The first-order chi connectivity index (χ1) is 14.1. The van der Waals surface area contributed by atoms with Crippen molar-refractivity contribution in [1.82, 2.24) is 24.8 Å². The molecule has 1 unspecified atom stereocenters. The molecule has 4 heterocycles. The number of carboxylic acid groups (broad SMARTS) is 1. The molecule has 3 fully saturated rings. The number of likely N-dealkylation sites (tertiary alicyclic amines) is 1. The van der Waals surface area contributed by atoms with Crippen LogP contribution in [0.4, 0.5) is 10.6 Å². The van der Waals surface area contributed by atoms with E-state index in [1.807, 2.05) is 24.7 Å². The fraction of sp³-hybridized carbons (Fsp3) is 0.524. The summed E-state index contributed by atoms with van der Waals surface area (Å²) >= 11 is 0. The number of carbonyl (C=O) groups is 1. The van der Waals surface area contributed by atoms with Crippen LogP contribution < -0.4 is 4.90 Å². The van der Waals surface area contributed by atoms with Crippen molar-refractivity contribution in [3.8, 4) is 11.1 Å². The summed E-state index contributed by atoms with van der Waals surface area (Å²) in [4.78, 5) is 30.6. The molecule has 1 amide bonds. The molecule has 2 aliphatic heterocycles. The third-order valence-electron chi connectivity index (χ3n) is 6.79. The molecule has 1 saturated carbocycles. The van der Waals surface area contributed by atoms with E-state index in [2.05, 4.69) is 30.8 Å². The maximum Gasteiger partial charge on any atom is 0.407 e. The standard InChI is InChI=1S/C21H26N6O2/c28-20(29)27-13-21(14-27)4-3-17(10-21)25-6-8-26(9-7-25)19-18(2-1-5-24-19)16-11-22-15-23-12-16/h1-2,5,11-12,15,17H,3-4,6-10,13-14H2,(H,28,29). The first-order valence-corrected chi connectivity index (χ1v) is 10.3. The van der Waals surface area contributed by atoms with Crippen LogP contribution >= 0.6 is 0 Å². The monoisotopic (exact) mass is 394 g/mol. The number of hydrogen-bond acceptors (Lipinski definition) is 6. The highest BCUT2D eigenvalue weighted by molar-refractivity contribution is 5.74. The Bertz CT molecular complexity index is 878. The fourth-order valence-corrected chi connectivity index (χ4v) is 5.29. The van der Waals surface area contributed by atoms with Crippen LogP contribution in [0.15, 0.2) is 37.1 Å². The molecule has 1 spiro atoms. The molecule has 152 valence electrons. The maximum atomic E-state index is 11.1. The van der Waals surface area contributed by atoms with Gasteiger partial charge in [-0.15, -0.1) is 0 Å². The molecule has 8 nitrogen and oxygen atoms in total. The molecule has 0 aromatic carbocycles. The summed E-state index contributed by atoms with van der Waals surface area (Å²) in [5.41, 5.74) is 2.30. The second-order valence-corrected chi connectivity index (χ2v) is 8.56. The van der Waals surface area contributed by atoms with E-state index < -0.39 is 6.09 Å². The van der Waals surface area contributed by atoms with Gasteiger partial charge in [0.25, 0.3) is 0 Å². The Morgan fingerprint density at radius 3 is 2.62 bits per heavy atom. The Morgan fingerprint density at radius 1 is 1.14 bits per heavy atom. The van der Waals surface area contributed by atoms with E-state index in [9.17, 15) is 4.79 Å². The molecule has 8 heteroatoms. The Kier molecular flexibility index (Phi) is 4.58. The molecule has 5 rings (SSSR count). The van der Waals surface area contributed by atoms with E-state index in [1.165, 1.54) is 6.42 Å². The van der Waals surface area contributed by atoms with Crippen LogP contribution in [-0.2, 0) is 0 Å². The summed E-state index contributed by atoms with van der Waals surface area (Å²) in [6, 6.07) is 4.62. The molecule has 2 aromatic rings. The van der Waals surface area contributed by atoms with Gasteiger partial charge in [0.15, 0.2) is 0 Å². The quantitative estimate of drug-likeness (QED) is 0.854. The lowest BCUT2D eigenvalue weighted by Crippen LogP contribution is -2.58. The van der Waals surface area contributed by atoms with Crippen molar-refractivity contribution in [3.63, 3.8) is 0 Å². The third-order valence-corrected chi connectivity index (χ3v) is 6.79. The van der Waals surface area contributed by atoms with Gasteiger partial charge < -0.3 is 14.9 Å². The number of aromatic nitrogens is 3. The molecular weight excluding hydrogens is 368 g/mol. The lowest BCUT2D eigenvalue weighted by atomic mass is 9.78. The van der Waals surface area contributed by atoms with Crippen LogP contribution in [0.2, 0.25) is 0 Å². The van der Waals surface area contributed by atoms with E-state index in [0.717, 1.165) is 69.1 Å². The Balaban J connectivity index is 1.22. The number of nitrogens with zero attached hydrogens (tertiary/aromatic N) is 6. The van der Waals surface area contributed by atoms with E-state index >= 15 is 0 Å². The first-order valence-electron chi connectivity index (χ1n) is 10.3. The lowest BCUT2D eigenvalue weighted by molar-refractivity contribution is 0.00903. The lowest BCUT2D eigenvalue weighted by Gasteiger charge is -2.47. The second-order valence-electron chi connectivity index (χ2n) is 8.56. The normalized spacial score (nSPS) is 23.9. The zero-order chi connectivity index (χ0) is 19.8. The number of anilines is 1. The maximum absolute atomic E-state index is 11.1. The van der Waals surface area contributed by atoms with Gasteiger partial charge in [0.1, 0.15) is 12.1 Å². The molecule has 0 radical (unpaired) electrons. The minimum absolute atomic E-state index is 0.238. The van der Waals surface area contributed by atoms with Crippen molar-refractivity contribution < 1.29 is 9.90 Å². The summed E-state index contributed by atoms with van der Waals surface area (Å²) in [7, 11) is 0. The largest absolute Gasteiger partial charge is 0.465 e. The van der Waals surface area contributed by atoms with Gasteiger partial charge in [-0.05, 0) is 31.4 Å². The van der Waals surface area contributed by atoms with Gasteiger partial charge in [-0.1, -0.05) is 0 Å². The summed E-state index contributed by atoms with van der Waals surface area (Å²) in [5.74, 6) is 1.00. The van der Waals surface area contributed by atoms with Crippen molar-refractivity contribution in [2.45, 2.75) is 25.3 Å². The van der Waals surface area contributed by atoms with Crippen LogP contribution in [0.1, 0.15) is 19.3 Å². The van der Waals surface area contributed by atoms with E-state index in [0.29, 0.717) is 6.04 Å². The smallest absolute Gasteiger partial charge is 0.407 e. The van der Waals surface area contributed by atoms with Crippen LogP contribution in [0, 0.1) is 5.41 Å². The van der Waals surface area contributed by atoms with Crippen LogP contribution in [0.5, 0.6) is 0 Å². The topological polar surface area (TPSA) is 85.7 Å². The Morgan fingerprint density at radius 2 is 1.90 bits per heavy atom. The SMILES string of the molecule is O=C(O)N1CC2(CCC(N3CCN(c4ncccc4-c4cncnc4)CC3)C2)C1. The van der Waals surface area contributed by atoms with Crippen LogP contribution in [0.3, 0.4) is 0 Å². The highest BCUT2D eigenvalue weighted by Gasteiger charge is 2.50. The fourth-order valence-electron chi connectivity index (χ4n) is 5.29. The number of rotatable bonds is 3. The Hall–Kier alpha value is -2.74. The second kappa shape index (κ2) is 7.26. The van der Waals surface area contributed by atoms with E-state index in [4.69, 9.17) is 5.11 Å². The highest BCUT2D eigenvalue weighted by atomic mass is 16.4. The molecule has 1 atom stereocenters. The molecule has 29 heavy (non-hydrogen) atoms. The molecule has 2 aromatic heterocycles. The number of hydrogen-bond donors (Lipinski definition) is 1. The highest BCUT2D eigenvalue weighted by Crippen LogP contribution is 2.47. The number of amides is 1. The van der Waals surface area contributed by atoms with Crippen molar-refractivity contribution in [2.75, 3.05) is 44.2 Å². The van der Waals surface area contributed by atoms with Crippen molar-refractivity contribution in [2.24, 2.45) is 5.41 Å². The van der Waals surface area contributed by atoms with Gasteiger partial charge in [-0.25, -0.2) is 19.7 Å². The van der Waals surface area contributed by atoms with E-state index in [1.54, 1.807) is 11.2 Å².